The standard InChI is InChI=1S/C20H21ClN8O5/c1-29(8-9-7-24-17-15(25-9)16(22)27-20(23)28-17)10-2-3-11(12(21)6-10)18(32)26-13(19(33)34)4-5-14(30)31/h2-3,6-7,13H,4-5,8H2,1H3,(H,26,32)(H,30,31)(H,33,34)(H4,22,23,24,27,28). The van der Waals surface area contributed by atoms with Gasteiger partial charge in [0.15, 0.2) is 17.0 Å². The first-order chi connectivity index (χ1) is 16.0. The van der Waals surface area contributed by atoms with Gasteiger partial charge in [0, 0.05) is 19.2 Å². The zero-order valence-corrected chi connectivity index (χ0v) is 18.7. The molecule has 0 saturated heterocycles. The van der Waals surface area contributed by atoms with Crippen molar-refractivity contribution in [2.75, 3.05) is 23.4 Å². The molecule has 2 aromatic heterocycles. The van der Waals surface area contributed by atoms with Crippen molar-refractivity contribution in [2.24, 2.45) is 0 Å². The van der Waals surface area contributed by atoms with Crippen LogP contribution >= 0.6 is 11.6 Å². The van der Waals surface area contributed by atoms with Gasteiger partial charge in [-0.2, -0.15) is 9.97 Å². The van der Waals surface area contributed by atoms with Gasteiger partial charge in [-0.25, -0.2) is 14.8 Å². The smallest absolute Gasteiger partial charge is 0.326 e. The third kappa shape index (κ3) is 5.75. The lowest BCUT2D eigenvalue weighted by Crippen LogP contribution is -2.41. The largest absolute Gasteiger partial charge is 0.481 e. The lowest BCUT2D eigenvalue weighted by molar-refractivity contribution is -0.140. The van der Waals surface area contributed by atoms with Gasteiger partial charge >= 0.3 is 11.9 Å². The van der Waals surface area contributed by atoms with Gasteiger partial charge in [0.2, 0.25) is 5.95 Å². The summed E-state index contributed by atoms with van der Waals surface area (Å²) in [5.74, 6) is -3.12. The van der Waals surface area contributed by atoms with Crippen LogP contribution in [0.15, 0.2) is 24.4 Å². The number of nitrogen functional groups attached to an aromatic ring is 2. The van der Waals surface area contributed by atoms with Gasteiger partial charge in [-0.15, -0.1) is 0 Å². The average molecular weight is 489 g/mol. The zero-order chi connectivity index (χ0) is 25.0. The van der Waals surface area contributed by atoms with Crippen LogP contribution in [0.3, 0.4) is 0 Å². The van der Waals surface area contributed by atoms with Crippen molar-refractivity contribution in [3.63, 3.8) is 0 Å². The lowest BCUT2D eigenvalue weighted by Gasteiger charge is -2.20. The summed E-state index contributed by atoms with van der Waals surface area (Å²) in [5, 5.41) is 20.3. The Kier molecular flexibility index (Phi) is 7.26. The second-order valence-corrected chi connectivity index (χ2v) is 7.72. The number of carboxylic acid groups (broad SMARTS) is 2. The number of hydrogen-bond donors (Lipinski definition) is 5. The number of rotatable bonds is 9. The summed E-state index contributed by atoms with van der Waals surface area (Å²) in [7, 11) is 1.77. The number of carboxylic acids is 2. The van der Waals surface area contributed by atoms with E-state index >= 15 is 0 Å². The van der Waals surface area contributed by atoms with Gasteiger partial charge in [0.25, 0.3) is 5.91 Å². The molecule has 0 radical (unpaired) electrons. The van der Waals surface area contributed by atoms with Crippen LogP contribution < -0.4 is 21.7 Å². The SMILES string of the molecule is CN(Cc1cnc2nc(N)nc(N)c2n1)c1ccc(C(=O)NC(CCC(=O)O)C(=O)O)c(Cl)c1. The molecule has 34 heavy (non-hydrogen) atoms. The number of nitrogens with two attached hydrogens (primary N) is 2. The summed E-state index contributed by atoms with van der Waals surface area (Å²) in [6.07, 6.45) is 0.860. The molecular formula is C20H21ClN8O5. The van der Waals surface area contributed by atoms with E-state index < -0.39 is 30.3 Å². The highest BCUT2D eigenvalue weighted by Gasteiger charge is 2.23. The number of fused-ring (bicyclic) bond motifs is 1. The highest BCUT2D eigenvalue weighted by molar-refractivity contribution is 6.34. The van der Waals surface area contributed by atoms with Crippen molar-refractivity contribution >= 4 is 58.1 Å². The van der Waals surface area contributed by atoms with E-state index in [-0.39, 0.29) is 34.4 Å². The van der Waals surface area contributed by atoms with Crippen LogP contribution in [0, 0.1) is 0 Å². The van der Waals surface area contributed by atoms with Crippen LogP contribution in [0.2, 0.25) is 5.02 Å². The normalized spacial score (nSPS) is 11.7. The molecule has 14 heteroatoms. The van der Waals surface area contributed by atoms with Gasteiger partial charge in [0.05, 0.1) is 29.0 Å². The molecule has 1 atom stereocenters. The van der Waals surface area contributed by atoms with Crippen molar-refractivity contribution in [3.8, 4) is 0 Å². The number of carbonyl (C=O) groups excluding carboxylic acids is 1. The minimum Gasteiger partial charge on any atom is -0.481 e. The molecule has 2 heterocycles. The maximum atomic E-state index is 12.5. The monoisotopic (exact) mass is 488 g/mol. The first-order valence-electron chi connectivity index (χ1n) is 9.86. The number of hydrogen-bond acceptors (Lipinski definition) is 10. The highest BCUT2D eigenvalue weighted by atomic mass is 35.5. The molecule has 0 aliphatic heterocycles. The molecule has 0 aliphatic rings. The van der Waals surface area contributed by atoms with Crippen LogP contribution in [0.25, 0.3) is 11.2 Å². The average Bonchev–Trinajstić information content (AvgIpc) is 2.76. The van der Waals surface area contributed by atoms with Crippen LogP contribution in [-0.4, -0.2) is 61.1 Å². The second kappa shape index (κ2) is 10.1. The summed E-state index contributed by atoms with van der Waals surface area (Å²) in [6, 6.07) is 3.25. The number of aliphatic carboxylic acids is 2. The Balaban J connectivity index is 1.73. The van der Waals surface area contributed by atoms with Crippen molar-refractivity contribution < 1.29 is 24.6 Å². The van der Waals surface area contributed by atoms with Gasteiger partial charge in [-0.05, 0) is 24.6 Å². The predicted octanol–water partition coefficient (Wildman–Crippen LogP) is 0.922. The molecular weight excluding hydrogens is 468 g/mol. The maximum absolute atomic E-state index is 12.5. The molecule has 178 valence electrons. The maximum Gasteiger partial charge on any atom is 0.326 e. The zero-order valence-electron chi connectivity index (χ0n) is 17.9. The molecule has 1 unspecified atom stereocenters. The minimum absolute atomic E-state index is 0.000465. The van der Waals surface area contributed by atoms with E-state index in [0.29, 0.717) is 23.4 Å². The number of benzene rings is 1. The van der Waals surface area contributed by atoms with Crippen molar-refractivity contribution in [1.29, 1.82) is 0 Å². The topological polar surface area (TPSA) is 211 Å². The van der Waals surface area contributed by atoms with E-state index in [2.05, 4.69) is 25.3 Å². The van der Waals surface area contributed by atoms with Gasteiger partial charge in [-0.3, -0.25) is 9.59 Å². The molecule has 3 rings (SSSR count). The highest BCUT2D eigenvalue weighted by Crippen LogP contribution is 2.25. The first kappa shape index (κ1) is 24.4. The number of nitrogens with zero attached hydrogens (tertiary/aromatic N) is 5. The Morgan fingerprint density at radius 2 is 1.91 bits per heavy atom. The van der Waals surface area contributed by atoms with Crippen LogP contribution in [0.5, 0.6) is 0 Å². The molecule has 13 nitrogen and oxygen atoms in total. The van der Waals surface area contributed by atoms with E-state index in [1.807, 2.05) is 0 Å². The van der Waals surface area contributed by atoms with Crippen LogP contribution in [0.4, 0.5) is 17.5 Å². The molecule has 1 aromatic carbocycles. The molecule has 7 N–H and O–H groups in total. The Morgan fingerprint density at radius 1 is 1.18 bits per heavy atom. The van der Waals surface area contributed by atoms with Crippen LogP contribution in [0.1, 0.15) is 28.9 Å². The van der Waals surface area contributed by atoms with E-state index in [0.717, 1.165) is 0 Å². The van der Waals surface area contributed by atoms with E-state index in [4.69, 9.17) is 28.2 Å². The van der Waals surface area contributed by atoms with Crippen molar-refractivity contribution in [1.82, 2.24) is 25.3 Å². The number of aromatic nitrogens is 4. The third-order valence-electron chi connectivity index (χ3n) is 4.79. The molecule has 0 fully saturated rings. The predicted molar refractivity (Wildman–Crippen MR) is 123 cm³/mol. The van der Waals surface area contributed by atoms with E-state index in [1.165, 1.54) is 18.3 Å². The molecule has 0 saturated carbocycles. The lowest BCUT2D eigenvalue weighted by atomic mass is 10.1. The number of anilines is 3. The fraction of sp³-hybridized carbons (Fsp3) is 0.250. The number of halogens is 1. The quantitative estimate of drug-likeness (QED) is 0.284. The Hall–Kier alpha value is -4.26. The molecule has 1 amide bonds. The fourth-order valence-corrected chi connectivity index (χ4v) is 3.34. The number of carbonyl (C=O) groups is 3. The molecule has 0 aliphatic carbocycles. The van der Waals surface area contributed by atoms with E-state index in [1.54, 1.807) is 18.0 Å². The minimum atomic E-state index is -1.36. The first-order valence-corrected chi connectivity index (χ1v) is 10.2. The summed E-state index contributed by atoms with van der Waals surface area (Å²) in [4.78, 5) is 52.8. The third-order valence-corrected chi connectivity index (χ3v) is 5.10. The Bertz CT molecular complexity index is 1270. The van der Waals surface area contributed by atoms with Crippen molar-refractivity contribution in [2.45, 2.75) is 25.4 Å². The fourth-order valence-electron chi connectivity index (χ4n) is 3.08. The molecule has 3 aromatic rings. The molecule has 0 spiro atoms. The second-order valence-electron chi connectivity index (χ2n) is 7.32. The van der Waals surface area contributed by atoms with Gasteiger partial charge < -0.3 is 31.9 Å². The van der Waals surface area contributed by atoms with E-state index in [9.17, 15) is 19.5 Å². The summed E-state index contributed by atoms with van der Waals surface area (Å²) in [6.45, 7) is 0.310. The molecule has 0 bridgehead atoms. The van der Waals surface area contributed by atoms with Crippen LogP contribution in [-0.2, 0) is 16.1 Å². The summed E-state index contributed by atoms with van der Waals surface area (Å²) in [5.41, 5.74) is 13.3. The van der Waals surface area contributed by atoms with Gasteiger partial charge in [-0.1, -0.05) is 11.6 Å². The van der Waals surface area contributed by atoms with Crippen molar-refractivity contribution in [3.05, 3.63) is 40.7 Å². The number of amides is 1. The Morgan fingerprint density at radius 3 is 2.56 bits per heavy atom. The summed E-state index contributed by atoms with van der Waals surface area (Å²) >= 11 is 6.27. The summed E-state index contributed by atoms with van der Waals surface area (Å²) < 4.78 is 0. The van der Waals surface area contributed by atoms with Gasteiger partial charge in [0.1, 0.15) is 6.04 Å². The number of nitrogens with one attached hydrogen (secondary N) is 1. The Labute approximate surface area is 197 Å².